The van der Waals surface area contributed by atoms with Gasteiger partial charge in [0.25, 0.3) is 5.91 Å². The SMILES string of the molecule is O=C(OCC(O)CNC(=O)C(Cl)Cl)c1ccccc1. The monoisotopic (exact) mass is 305 g/mol. The standard InChI is InChI=1S/C12H13Cl2NO4/c13-10(14)11(17)15-6-9(16)7-19-12(18)8-4-2-1-3-5-8/h1-5,9-10,16H,6-7H2,(H,15,17). The van der Waals surface area contributed by atoms with Gasteiger partial charge in [0.1, 0.15) is 12.7 Å². The van der Waals surface area contributed by atoms with Gasteiger partial charge >= 0.3 is 5.97 Å². The fourth-order valence-corrected chi connectivity index (χ4v) is 1.34. The van der Waals surface area contributed by atoms with E-state index >= 15 is 0 Å². The van der Waals surface area contributed by atoms with Crippen molar-refractivity contribution in [2.75, 3.05) is 13.2 Å². The minimum absolute atomic E-state index is 0.100. The summed E-state index contributed by atoms with van der Waals surface area (Å²) in [5.74, 6) is -1.16. The summed E-state index contributed by atoms with van der Waals surface area (Å²) in [7, 11) is 0. The largest absolute Gasteiger partial charge is 0.459 e. The number of benzene rings is 1. The number of hydrogen-bond acceptors (Lipinski definition) is 4. The number of halogens is 2. The maximum absolute atomic E-state index is 11.5. The zero-order chi connectivity index (χ0) is 14.3. The Morgan fingerprint density at radius 2 is 1.89 bits per heavy atom. The molecule has 0 radical (unpaired) electrons. The average molecular weight is 306 g/mol. The molecule has 0 aliphatic carbocycles. The Morgan fingerprint density at radius 1 is 1.26 bits per heavy atom. The van der Waals surface area contributed by atoms with Crippen LogP contribution in [0.2, 0.25) is 0 Å². The molecule has 7 heteroatoms. The maximum atomic E-state index is 11.5. The van der Waals surface area contributed by atoms with Gasteiger partial charge in [0.05, 0.1) is 5.56 Å². The molecule has 0 heterocycles. The summed E-state index contributed by atoms with van der Waals surface area (Å²) in [5.41, 5.74) is 0.389. The van der Waals surface area contributed by atoms with Crippen molar-refractivity contribution in [2.24, 2.45) is 0 Å². The molecule has 19 heavy (non-hydrogen) atoms. The lowest BCUT2D eigenvalue weighted by Crippen LogP contribution is -2.37. The molecule has 1 amide bonds. The molecule has 1 atom stereocenters. The molecule has 0 saturated heterocycles. The fraction of sp³-hybridized carbons (Fsp3) is 0.333. The molecular weight excluding hydrogens is 293 g/mol. The zero-order valence-corrected chi connectivity index (χ0v) is 11.4. The van der Waals surface area contributed by atoms with Gasteiger partial charge < -0.3 is 15.2 Å². The number of ether oxygens (including phenoxy) is 1. The second kappa shape index (κ2) is 7.99. The molecule has 0 aliphatic heterocycles. The number of alkyl halides is 2. The van der Waals surface area contributed by atoms with Crippen LogP contribution in [0.3, 0.4) is 0 Å². The third-order valence-corrected chi connectivity index (χ3v) is 2.52. The van der Waals surface area contributed by atoms with Gasteiger partial charge in [-0.3, -0.25) is 4.79 Å². The van der Waals surface area contributed by atoms with E-state index in [1.54, 1.807) is 30.3 Å². The molecule has 0 aromatic heterocycles. The highest BCUT2D eigenvalue weighted by Crippen LogP contribution is 2.02. The minimum Gasteiger partial charge on any atom is -0.459 e. The molecule has 5 nitrogen and oxygen atoms in total. The predicted molar refractivity (Wildman–Crippen MR) is 71.2 cm³/mol. The molecule has 1 aromatic rings. The first-order chi connectivity index (χ1) is 9.00. The summed E-state index contributed by atoms with van der Waals surface area (Å²) in [4.78, 5) is 21.4. The number of carbonyl (C=O) groups is 2. The van der Waals surface area contributed by atoms with E-state index in [4.69, 9.17) is 27.9 Å². The summed E-state index contributed by atoms with van der Waals surface area (Å²) in [5, 5.41) is 11.8. The van der Waals surface area contributed by atoms with E-state index in [2.05, 4.69) is 5.32 Å². The van der Waals surface area contributed by atoms with Crippen molar-refractivity contribution in [3.05, 3.63) is 35.9 Å². The van der Waals surface area contributed by atoms with E-state index in [1.807, 2.05) is 0 Å². The molecule has 0 aliphatic rings. The van der Waals surface area contributed by atoms with Crippen molar-refractivity contribution in [2.45, 2.75) is 10.9 Å². The van der Waals surface area contributed by atoms with Crippen LogP contribution in [0.15, 0.2) is 30.3 Å². The topological polar surface area (TPSA) is 75.6 Å². The molecule has 2 N–H and O–H groups in total. The molecular formula is C12H13Cl2NO4. The van der Waals surface area contributed by atoms with Crippen molar-refractivity contribution < 1.29 is 19.4 Å². The lowest BCUT2D eigenvalue weighted by atomic mass is 10.2. The number of esters is 1. The van der Waals surface area contributed by atoms with Crippen LogP contribution in [0.5, 0.6) is 0 Å². The molecule has 1 rings (SSSR count). The van der Waals surface area contributed by atoms with E-state index in [0.717, 1.165) is 0 Å². The predicted octanol–water partition coefficient (Wildman–Crippen LogP) is 1.12. The quantitative estimate of drug-likeness (QED) is 0.610. The molecule has 0 fully saturated rings. The summed E-state index contributed by atoms with van der Waals surface area (Å²) >= 11 is 10.6. The van der Waals surface area contributed by atoms with E-state index < -0.39 is 22.8 Å². The average Bonchev–Trinajstić information content (AvgIpc) is 2.42. The van der Waals surface area contributed by atoms with Crippen LogP contribution >= 0.6 is 23.2 Å². The smallest absolute Gasteiger partial charge is 0.338 e. The van der Waals surface area contributed by atoms with Gasteiger partial charge in [-0.05, 0) is 12.1 Å². The maximum Gasteiger partial charge on any atom is 0.338 e. The van der Waals surface area contributed by atoms with E-state index in [9.17, 15) is 14.7 Å². The first-order valence-corrected chi connectivity index (χ1v) is 6.34. The Hall–Kier alpha value is -1.30. The number of rotatable bonds is 6. The van der Waals surface area contributed by atoms with Crippen molar-refractivity contribution in [1.29, 1.82) is 0 Å². The lowest BCUT2D eigenvalue weighted by molar-refractivity contribution is -0.120. The molecule has 104 valence electrons. The van der Waals surface area contributed by atoms with Gasteiger partial charge in [-0.15, -0.1) is 0 Å². The molecule has 0 saturated carbocycles. The van der Waals surface area contributed by atoms with Gasteiger partial charge in [0, 0.05) is 6.54 Å². The van der Waals surface area contributed by atoms with E-state index in [0.29, 0.717) is 5.56 Å². The summed E-state index contributed by atoms with van der Waals surface area (Å²) in [6.45, 7) is -0.333. The molecule has 0 bridgehead atoms. The third kappa shape index (κ3) is 5.92. The summed E-state index contributed by atoms with van der Waals surface area (Å²) in [6.07, 6.45) is -1.02. The number of nitrogens with one attached hydrogen (secondary N) is 1. The Bertz CT molecular complexity index is 425. The van der Waals surface area contributed by atoms with Crippen molar-refractivity contribution in [3.8, 4) is 0 Å². The lowest BCUT2D eigenvalue weighted by Gasteiger charge is -2.12. The highest BCUT2D eigenvalue weighted by atomic mass is 35.5. The first-order valence-electron chi connectivity index (χ1n) is 5.47. The van der Waals surface area contributed by atoms with Crippen molar-refractivity contribution >= 4 is 35.1 Å². The second-order valence-corrected chi connectivity index (χ2v) is 4.76. The minimum atomic E-state index is -1.20. The molecule has 1 unspecified atom stereocenters. The van der Waals surface area contributed by atoms with E-state index in [-0.39, 0.29) is 13.2 Å². The van der Waals surface area contributed by atoms with Crippen LogP contribution in [-0.4, -0.2) is 41.1 Å². The van der Waals surface area contributed by atoms with Crippen LogP contribution in [0.1, 0.15) is 10.4 Å². The summed E-state index contributed by atoms with van der Waals surface area (Å²) in [6, 6.07) is 8.38. The van der Waals surface area contributed by atoms with Crippen LogP contribution in [0.25, 0.3) is 0 Å². The normalized spacial score (nSPS) is 12.0. The number of carbonyl (C=O) groups excluding carboxylic acids is 2. The van der Waals surface area contributed by atoms with Gasteiger partial charge in [0.15, 0.2) is 4.84 Å². The van der Waals surface area contributed by atoms with Gasteiger partial charge in [-0.1, -0.05) is 41.4 Å². The van der Waals surface area contributed by atoms with Gasteiger partial charge in [-0.25, -0.2) is 4.79 Å². The first kappa shape index (κ1) is 15.8. The van der Waals surface area contributed by atoms with Crippen LogP contribution < -0.4 is 5.32 Å². The molecule has 0 spiro atoms. The third-order valence-electron chi connectivity index (χ3n) is 2.13. The molecule has 1 aromatic carbocycles. The van der Waals surface area contributed by atoms with Gasteiger partial charge in [-0.2, -0.15) is 0 Å². The van der Waals surface area contributed by atoms with Crippen LogP contribution in [-0.2, 0) is 9.53 Å². The highest BCUT2D eigenvalue weighted by Gasteiger charge is 2.14. The Morgan fingerprint density at radius 3 is 2.47 bits per heavy atom. The number of amides is 1. The highest BCUT2D eigenvalue weighted by molar-refractivity contribution is 6.53. The Balaban J connectivity index is 2.29. The number of aliphatic hydroxyl groups excluding tert-OH is 1. The van der Waals surface area contributed by atoms with E-state index in [1.165, 1.54) is 0 Å². The fourth-order valence-electron chi connectivity index (χ4n) is 1.18. The summed E-state index contributed by atoms with van der Waals surface area (Å²) < 4.78 is 4.88. The Kier molecular flexibility index (Phi) is 6.62. The van der Waals surface area contributed by atoms with Crippen LogP contribution in [0.4, 0.5) is 0 Å². The van der Waals surface area contributed by atoms with Gasteiger partial charge in [0.2, 0.25) is 0 Å². The zero-order valence-electron chi connectivity index (χ0n) is 9.88. The second-order valence-electron chi connectivity index (χ2n) is 3.66. The van der Waals surface area contributed by atoms with Crippen molar-refractivity contribution in [3.63, 3.8) is 0 Å². The number of aliphatic hydroxyl groups is 1. The Labute approximate surface area is 120 Å². The van der Waals surface area contributed by atoms with Crippen LogP contribution in [0, 0.1) is 0 Å². The number of hydrogen-bond donors (Lipinski definition) is 2. The van der Waals surface area contributed by atoms with Crippen molar-refractivity contribution in [1.82, 2.24) is 5.32 Å².